The highest BCUT2D eigenvalue weighted by atomic mass is 16.5. The van der Waals surface area contributed by atoms with Crippen LogP contribution in [-0.4, -0.2) is 80.0 Å². The Morgan fingerprint density at radius 3 is 2.32 bits per heavy atom. The second-order valence-electron chi connectivity index (χ2n) is 9.23. The highest BCUT2D eigenvalue weighted by Gasteiger charge is 2.25. The third kappa shape index (κ3) is 6.58. The number of hydrogen-bond donors (Lipinski definition) is 3. The van der Waals surface area contributed by atoms with Gasteiger partial charge in [0.25, 0.3) is 0 Å². The van der Waals surface area contributed by atoms with E-state index in [1.807, 2.05) is 61.5 Å². The minimum Gasteiger partial charge on any atom is -0.488 e. The zero-order chi connectivity index (χ0) is 26.2. The Morgan fingerprint density at radius 2 is 1.63 bits per heavy atom. The van der Waals surface area contributed by atoms with Crippen LogP contribution in [0.2, 0.25) is 0 Å². The molecule has 2 aromatic carbocycles. The van der Waals surface area contributed by atoms with Gasteiger partial charge in [0.1, 0.15) is 5.69 Å². The molecule has 0 aliphatic carbocycles. The van der Waals surface area contributed by atoms with Gasteiger partial charge in [0.05, 0.1) is 19.8 Å². The third-order valence-corrected chi connectivity index (χ3v) is 6.53. The largest absolute Gasteiger partial charge is 0.488 e. The van der Waals surface area contributed by atoms with Crippen molar-refractivity contribution < 1.29 is 14.3 Å². The molecule has 0 unspecified atom stereocenters. The minimum absolute atomic E-state index is 0.297. The molecule has 0 spiro atoms. The van der Waals surface area contributed by atoms with E-state index >= 15 is 0 Å². The van der Waals surface area contributed by atoms with Crippen LogP contribution in [0.5, 0.6) is 5.75 Å². The summed E-state index contributed by atoms with van der Waals surface area (Å²) in [6.07, 6.45) is 0. The van der Waals surface area contributed by atoms with Crippen LogP contribution in [-0.2, 0) is 11.3 Å². The van der Waals surface area contributed by atoms with Gasteiger partial charge in [-0.05, 0) is 43.3 Å². The molecule has 0 bridgehead atoms. The van der Waals surface area contributed by atoms with Crippen LogP contribution in [0.1, 0.15) is 12.6 Å². The lowest BCUT2D eigenvalue weighted by Gasteiger charge is -2.31. The van der Waals surface area contributed by atoms with Gasteiger partial charge in [0.15, 0.2) is 17.4 Å². The Bertz CT molecular complexity index is 1200. The number of nitrogens with zero attached hydrogens (tertiary/aromatic N) is 4. The lowest BCUT2D eigenvalue weighted by atomic mass is 10.1. The number of benzene rings is 2. The molecule has 2 saturated heterocycles. The van der Waals surface area contributed by atoms with Crippen molar-refractivity contribution in [2.24, 2.45) is 0 Å². The van der Waals surface area contributed by atoms with Gasteiger partial charge >= 0.3 is 6.03 Å². The molecule has 200 valence electrons. The van der Waals surface area contributed by atoms with E-state index in [0.717, 1.165) is 67.8 Å². The molecule has 2 aliphatic rings. The topological polar surface area (TPSA) is 104 Å². The molecule has 2 amide bonds. The monoisotopic (exact) mass is 517 g/mol. The van der Waals surface area contributed by atoms with E-state index in [2.05, 4.69) is 25.8 Å². The summed E-state index contributed by atoms with van der Waals surface area (Å²) < 4.78 is 11.8. The fraction of sp³-hybridized carbons (Fsp3) is 0.393. The summed E-state index contributed by atoms with van der Waals surface area (Å²) in [7, 11) is 0. The molecule has 10 heteroatoms. The number of anilines is 3. The van der Waals surface area contributed by atoms with E-state index in [1.165, 1.54) is 0 Å². The van der Waals surface area contributed by atoms with Gasteiger partial charge in [0, 0.05) is 62.8 Å². The third-order valence-electron chi connectivity index (χ3n) is 6.53. The number of para-hydroxylation sites is 1. The number of rotatable bonds is 8. The van der Waals surface area contributed by atoms with Crippen molar-refractivity contribution in [2.75, 3.05) is 74.6 Å². The molecule has 3 heterocycles. The number of hydrogen-bond acceptors (Lipinski definition) is 8. The predicted octanol–water partition coefficient (Wildman–Crippen LogP) is 3.43. The molecule has 5 rings (SSSR count). The number of carbonyl (C=O) groups is 1. The maximum atomic E-state index is 12.4. The van der Waals surface area contributed by atoms with Gasteiger partial charge in [-0.3, -0.25) is 4.90 Å². The SMILES string of the molecule is CCOc1c(CN2CCNCC2)nc(-c2ccc(NC(=O)Nc3ccccc3)cc2)nc1N1CCOCC1. The van der Waals surface area contributed by atoms with Crippen molar-refractivity contribution in [2.45, 2.75) is 13.5 Å². The highest BCUT2D eigenvalue weighted by molar-refractivity contribution is 5.99. The molecule has 2 fully saturated rings. The number of aromatic nitrogens is 2. The molecule has 0 saturated carbocycles. The second-order valence-corrected chi connectivity index (χ2v) is 9.23. The first-order chi connectivity index (χ1) is 18.7. The van der Waals surface area contributed by atoms with E-state index in [4.69, 9.17) is 19.4 Å². The van der Waals surface area contributed by atoms with Gasteiger partial charge < -0.3 is 30.3 Å². The summed E-state index contributed by atoms with van der Waals surface area (Å²) in [5.74, 6) is 2.21. The lowest BCUT2D eigenvalue weighted by Crippen LogP contribution is -2.43. The van der Waals surface area contributed by atoms with Crippen molar-refractivity contribution in [3.05, 3.63) is 60.3 Å². The minimum atomic E-state index is -0.297. The molecule has 1 aromatic heterocycles. The predicted molar refractivity (Wildman–Crippen MR) is 149 cm³/mol. The van der Waals surface area contributed by atoms with Crippen molar-refractivity contribution >= 4 is 23.2 Å². The second kappa shape index (κ2) is 12.7. The quantitative estimate of drug-likeness (QED) is 0.418. The maximum Gasteiger partial charge on any atom is 0.323 e. The molecule has 0 atom stereocenters. The van der Waals surface area contributed by atoms with Crippen LogP contribution in [0.3, 0.4) is 0 Å². The van der Waals surface area contributed by atoms with Gasteiger partial charge in [0.2, 0.25) is 0 Å². The highest BCUT2D eigenvalue weighted by Crippen LogP contribution is 2.34. The fourth-order valence-electron chi connectivity index (χ4n) is 4.60. The van der Waals surface area contributed by atoms with E-state index < -0.39 is 0 Å². The summed E-state index contributed by atoms with van der Waals surface area (Å²) in [4.78, 5) is 27.0. The van der Waals surface area contributed by atoms with E-state index in [0.29, 0.717) is 37.9 Å². The number of urea groups is 1. The number of ether oxygens (including phenoxy) is 2. The van der Waals surface area contributed by atoms with Crippen LogP contribution in [0, 0.1) is 0 Å². The molecule has 3 N–H and O–H groups in total. The van der Waals surface area contributed by atoms with Crippen molar-refractivity contribution in [1.29, 1.82) is 0 Å². The fourth-order valence-corrected chi connectivity index (χ4v) is 4.60. The normalized spacial score (nSPS) is 16.2. The maximum absolute atomic E-state index is 12.4. The summed E-state index contributed by atoms with van der Waals surface area (Å²) in [6.45, 7) is 9.90. The van der Waals surface area contributed by atoms with Gasteiger partial charge in [-0.2, -0.15) is 0 Å². The smallest absolute Gasteiger partial charge is 0.323 e. The Morgan fingerprint density at radius 1 is 0.947 bits per heavy atom. The number of nitrogens with one attached hydrogen (secondary N) is 3. The van der Waals surface area contributed by atoms with Crippen LogP contribution in [0.25, 0.3) is 11.4 Å². The summed E-state index contributed by atoms with van der Waals surface area (Å²) >= 11 is 0. The Labute approximate surface area is 223 Å². The average Bonchev–Trinajstić information content (AvgIpc) is 2.96. The van der Waals surface area contributed by atoms with Crippen molar-refractivity contribution in [3.8, 4) is 17.1 Å². The Hall–Kier alpha value is -3.73. The van der Waals surface area contributed by atoms with Gasteiger partial charge in [-0.25, -0.2) is 14.8 Å². The van der Waals surface area contributed by atoms with E-state index in [1.54, 1.807) is 0 Å². The molecule has 38 heavy (non-hydrogen) atoms. The molecule has 10 nitrogen and oxygen atoms in total. The first kappa shape index (κ1) is 25.9. The zero-order valence-corrected chi connectivity index (χ0v) is 21.8. The first-order valence-corrected chi connectivity index (χ1v) is 13.2. The molecular weight excluding hydrogens is 482 g/mol. The number of morpholine rings is 1. The van der Waals surface area contributed by atoms with Crippen LogP contribution >= 0.6 is 0 Å². The van der Waals surface area contributed by atoms with Gasteiger partial charge in [-0.1, -0.05) is 18.2 Å². The van der Waals surface area contributed by atoms with E-state index in [9.17, 15) is 4.79 Å². The van der Waals surface area contributed by atoms with Crippen LogP contribution in [0.15, 0.2) is 54.6 Å². The lowest BCUT2D eigenvalue weighted by molar-refractivity contribution is 0.122. The van der Waals surface area contributed by atoms with E-state index in [-0.39, 0.29) is 6.03 Å². The zero-order valence-electron chi connectivity index (χ0n) is 21.8. The number of carbonyl (C=O) groups excluding carboxylic acids is 1. The summed E-state index contributed by atoms with van der Waals surface area (Å²) in [6, 6.07) is 16.7. The van der Waals surface area contributed by atoms with Crippen LogP contribution in [0.4, 0.5) is 22.0 Å². The van der Waals surface area contributed by atoms with Crippen molar-refractivity contribution in [3.63, 3.8) is 0 Å². The molecule has 2 aliphatic heterocycles. The Kier molecular flexibility index (Phi) is 8.64. The number of amides is 2. The summed E-state index contributed by atoms with van der Waals surface area (Å²) in [5, 5.41) is 9.12. The van der Waals surface area contributed by atoms with Gasteiger partial charge in [-0.15, -0.1) is 0 Å². The number of piperazine rings is 1. The average molecular weight is 518 g/mol. The Balaban J connectivity index is 1.41. The molecular formula is C28H35N7O3. The van der Waals surface area contributed by atoms with Crippen LogP contribution < -0.4 is 25.6 Å². The molecule has 3 aromatic rings. The standard InChI is InChI=1S/C28H35N7O3/c1-2-38-25-24(20-34-14-12-29-13-15-34)32-26(33-27(25)35-16-18-37-19-17-35)21-8-10-23(11-9-21)31-28(36)30-22-6-4-3-5-7-22/h3-11,29H,2,12-20H2,1H3,(H2,30,31,36). The first-order valence-electron chi connectivity index (χ1n) is 13.2. The van der Waals surface area contributed by atoms with Crippen molar-refractivity contribution in [1.82, 2.24) is 20.2 Å². The summed E-state index contributed by atoms with van der Waals surface area (Å²) in [5.41, 5.74) is 3.18. The molecule has 0 radical (unpaired) electrons.